The van der Waals surface area contributed by atoms with Gasteiger partial charge in [-0.3, -0.25) is 14.9 Å². The Bertz CT molecular complexity index is 1170. The summed E-state index contributed by atoms with van der Waals surface area (Å²) in [6, 6.07) is 18.0. The fourth-order valence-electron chi connectivity index (χ4n) is 3.14. The summed E-state index contributed by atoms with van der Waals surface area (Å²) in [5.41, 5.74) is 5.21. The summed E-state index contributed by atoms with van der Waals surface area (Å²) in [6.07, 6.45) is 0. The highest BCUT2D eigenvalue weighted by molar-refractivity contribution is 5.96. The average molecular weight is 378 g/mol. The Balaban J connectivity index is 1.77. The van der Waals surface area contributed by atoms with E-state index in [0.29, 0.717) is 16.8 Å². The van der Waals surface area contributed by atoms with E-state index in [1.165, 1.54) is 12.1 Å². The largest absolute Gasteiger partial charge is 0.290 e. The summed E-state index contributed by atoms with van der Waals surface area (Å²) in [4.78, 5) is 11.6. The van der Waals surface area contributed by atoms with Crippen LogP contribution >= 0.6 is 0 Å². The van der Waals surface area contributed by atoms with Crippen molar-refractivity contribution < 1.29 is 13.6 Å². The molecule has 0 spiro atoms. The predicted octanol–water partition coefficient (Wildman–Crippen LogP) is 3.63. The minimum absolute atomic E-state index is 0.167. The summed E-state index contributed by atoms with van der Waals surface area (Å²) in [7, 11) is 0. The van der Waals surface area contributed by atoms with Gasteiger partial charge in [0, 0.05) is 28.1 Å². The number of amides is 1. The zero-order chi connectivity index (χ0) is 19.7. The molecule has 0 aliphatic carbocycles. The molecule has 28 heavy (non-hydrogen) atoms. The van der Waals surface area contributed by atoms with Crippen LogP contribution in [0.1, 0.15) is 15.9 Å². The smallest absolute Gasteiger partial charge is 0.265 e. The molecule has 1 aromatic heterocycles. The van der Waals surface area contributed by atoms with E-state index in [4.69, 9.17) is 5.84 Å². The van der Waals surface area contributed by atoms with Gasteiger partial charge in [0.15, 0.2) is 0 Å². The summed E-state index contributed by atoms with van der Waals surface area (Å²) in [5.74, 6) is 3.55. The number of halogens is 2. The molecule has 0 unspecified atom stereocenters. The van der Waals surface area contributed by atoms with Gasteiger partial charge in [-0.2, -0.15) is 5.10 Å². The Kier molecular flexibility index (Phi) is 4.58. The third kappa shape index (κ3) is 3.23. The summed E-state index contributed by atoms with van der Waals surface area (Å²) in [5, 5.41) is 5.53. The molecule has 0 radical (unpaired) electrons. The van der Waals surface area contributed by atoms with Crippen LogP contribution in [-0.4, -0.2) is 15.7 Å². The van der Waals surface area contributed by atoms with Gasteiger partial charge in [0.05, 0.1) is 12.1 Å². The number of fused-ring (bicyclic) bond motifs is 1. The Hall–Kier alpha value is -3.58. The third-order valence-electron chi connectivity index (χ3n) is 4.54. The second kappa shape index (κ2) is 7.21. The van der Waals surface area contributed by atoms with Crippen LogP contribution in [0.3, 0.4) is 0 Å². The Labute approximate surface area is 159 Å². The summed E-state index contributed by atoms with van der Waals surface area (Å²) < 4.78 is 29.0. The minimum Gasteiger partial charge on any atom is -0.290 e. The van der Waals surface area contributed by atoms with Crippen LogP contribution < -0.4 is 11.3 Å². The topological polar surface area (TPSA) is 72.9 Å². The van der Waals surface area contributed by atoms with Crippen LogP contribution in [0.4, 0.5) is 8.78 Å². The number of hydrogen-bond acceptors (Lipinski definition) is 3. The number of para-hydroxylation sites is 1. The summed E-state index contributed by atoms with van der Waals surface area (Å²) in [6.45, 7) is 0.167. The molecule has 3 aromatic carbocycles. The Morgan fingerprint density at radius 3 is 2.50 bits per heavy atom. The van der Waals surface area contributed by atoms with E-state index in [0.717, 1.165) is 22.5 Å². The number of aromatic nitrogens is 2. The first-order valence-corrected chi connectivity index (χ1v) is 8.57. The third-order valence-corrected chi connectivity index (χ3v) is 4.54. The minimum atomic E-state index is -0.617. The van der Waals surface area contributed by atoms with Gasteiger partial charge in [0.2, 0.25) is 0 Å². The van der Waals surface area contributed by atoms with Crippen molar-refractivity contribution in [1.29, 1.82) is 0 Å². The highest BCUT2D eigenvalue weighted by Gasteiger charge is 2.14. The lowest BCUT2D eigenvalue weighted by Gasteiger charge is -2.05. The highest BCUT2D eigenvalue weighted by Crippen LogP contribution is 2.29. The molecule has 7 heteroatoms. The molecule has 3 N–H and O–H groups in total. The van der Waals surface area contributed by atoms with Crippen LogP contribution in [0.25, 0.3) is 22.2 Å². The van der Waals surface area contributed by atoms with Gasteiger partial charge in [0.1, 0.15) is 17.3 Å². The average Bonchev–Trinajstić information content (AvgIpc) is 3.08. The van der Waals surface area contributed by atoms with Crippen LogP contribution in [0.5, 0.6) is 0 Å². The molecule has 4 rings (SSSR count). The van der Waals surface area contributed by atoms with Crippen molar-refractivity contribution in [2.75, 3.05) is 0 Å². The second-order valence-corrected chi connectivity index (χ2v) is 6.31. The van der Waals surface area contributed by atoms with E-state index in [1.54, 1.807) is 28.9 Å². The van der Waals surface area contributed by atoms with Crippen molar-refractivity contribution in [3.8, 4) is 11.3 Å². The van der Waals surface area contributed by atoms with E-state index < -0.39 is 11.6 Å². The second-order valence-electron chi connectivity index (χ2n) is 6.31. The van der Waals surface area contributed by atoms with E-state index >= 15 is 0 Å². The van der Waals surface area contributed by atoms with E-state index in [-0.39, 0.29) is 12.5 Å². The number of hydrogen-bond donors (Lipinski definition) is 2. The number of benzene rings is 3. The molecule has 5 nitrogen and oxygen atoms in total. The van der Waals surface area contributed by atoms with Crippen LogP contribution in [0, 0.1) is 11.6 Å². The molecule has 0 fully saturated rings. The number of nitrogens with zero attached hydrogens (tertiary/aromatic N) is 2. The van der Waals surface area contributed by atoms with Gasteiger partial charge in [-0.1, -0.05) is 36.4 Å². The van der Waals surface area contributed by atoms with E-state index in [2.05, 4.69) is 10.5 Å². The number of carbonyl (C=O) groups excluding carboxylic acids is 1. The van der Waals surface area contributed by atoms with Crippen molar-refractivity contribution in [3.63, 3.8) is 0 Å². The molecule has 0 saturated carbocycles. The lowest BCUT2D eigenvalue weighted by Crippen LogP contribution is -2.29. The Morgan fingerprint density at radius 1 is 1.04 bits per heavy atom. The zero-order valence-electron chi connectivity index (χ0n) is 14.7. The predicted molar refractivity (Wildman–Crippen MR) is 102 cm³/mol. The van der Waals surface area contributed by atoms with E-state index in [9.17, 15) is 13.6 Å². The number of nitrogens with one attached hydrogen (secondary N) is 1. The number of rotatable bonds is 4. The molecular weight excluding hydrogens is 362 g/mol. The van der Waals surface area contributed by atoms with Crippen molar-refractivity contribution >= 4 is 16.8 Å². The summed E-state index contributed by atoms with van der Waals surface area (Å²) >= 11 is 0. The molecule has 0 aliphatic rings. The first-order valence-electron chi connectivity index (χ1n) is 8.57. The highest BCUT2D eigenvalue weighted by atomic mass is 19.1. The maximum Gasteiger partial charge on any atom is 0.265 e. The van der Waals surface area contributed by atoms with Crippen molar-refractivity contribution in [2.24, 2.45) is 5.84 Å². The zero-order valence-corrected chi connectivity index (χ0v) is 14.7. The number of carbonyl (C=O) groups is 1. The quantitative estimate of drug-likeness (QED) is 0.324. The fraction of sp³-hybridized carbons (Fsp3) is 0.0476. The Morgan fingerprint density at radius 2 is 1.79 bits per heavy atom. The molecule has 0 aliphatic heterocycles. The van der Waals surface area contributed by atoms with E-state index in [1.807, 2.05) is 24.3 Å². The fourth-order valence-corrected chi connectivity index (χ4v) is 3.14. The molecule has 0 atom stereocenters. The normalized spacial score (nSPS) is 11.0. The van der Waals surface area contributed by atoms with Gasteiger partial charge in [-0.05, 0) is 24.3 Å². The molecule has 0 bridgehead atoms. The van der Waals surface area contributed by atoms with Crippen LogP contribution in [0.15, 0.2) is 66.7 Å². The molecule has 0 saturated heterocycles. The number of nitrogens with two attached hydrogens (primary N) is 1. The SMILES string of the molecule is NNC(=O)c1ccc(-c2nn(Cc3ccc(F)cc3F)c3ccccc23)cc1. The van der Waals surface area contributed by atoms with Gasteiger partial charge in [-0.25, -0.2) is 14.6 Å². The van der Waals surface area contributed by atoms with Crippen molar-refractivity contribution in [2.45, 2.75) is 6.54 Å². The molecular formula is C21H16F2N4O. The van der Waals surface area contributed by atoms with Gasteiger partial charge >= 0.3 is 0 Å². The molecule has 140 valence electrons. The number of hydrazine groups is 1. The van der Waals surface area contributed by atoms with Crippen molar-refractivity contribution in [1.82, 2.24) is 15.2 Å². The van der Waals surface area contributed by atoms with Gasteiger partial charge in [0.25, 0.3) is 5.91 Å². The first-order chi connectivity index (χ1) is 13.6. The van der Waals surface area contributed by atoms with Crippen molar-refractivity contribution in [3.05, 3.63) is 89.5 Å². The van der Waals surface area contributed by atoms with Gasteiger partial charge < -0.3 is 0 Å². The van der Waals surface area contributed by atoms with Crippen LogP contribution in [-0.2, 0) is 6.54 Å². The lowest BCUT2D eigenvalue weighted by atomic mass is 10.1. The van der Waals surface area contributed by atoms with Gasteiger partial charge in [-0.15, -0.1) is 0 Å². The standard InChI is InChI=1S/C21H16F2N4O/c22-16-10-9-15(18(23)11-16)12-27-19-4-2-1-3-17(19)20(26-27)13-5-7-14(8-6-13)21(28)25-24/h1-11H,12,24H2,(H,25,28). The maximum absolute atomic E-state index is 14.1. The molecule has 4 aromatic rings. The molecule has 1 amide bonds. The lowest BCUT2D eigenvalue weighted by molar-refractivity contribution is 0.0953. The monoisotopic (exact) mass is 378 g/mol. The van der Waals surface area contributed by atoms with Crippen LogP contribution in [0.2, 0.25) is 0 Å². The number of nitrogen functional groups attached to an aromatic ring is 1. The maximum atomic E-state index is 14.1. The first kappa shape index (κ1) is 17.8. The molecule has 1 heterocycles.